The molecular formula is C117H210N6O6. The van der Waals surface area contributed by atoms with E-state index in [0.29, 0.717) is 57.5 Å². The first kappa shape index (κ1) is 116. The Bertz CT molecular complexity index is 2690. The summed E-state index contributed by atoms with van der Waals surface area (Å²) < 4.78 is 40.3. The monoisotopic (exact) mass is 1800 g/mol. The topological polar surface area (TPSA) is 130 Å². The summed E-state index contributed by atoms with van der Waals surface area (Å²) in [6.07, 6.45) is 111. The van der Waals surface area contributed by atoms with E-state index in [9.17, 15) is 0 Å². The summed E-state index contributed by atoms with van der Waals surface area (Å²) in [5, 5.41) is 10.9. The highest BCUT2D eigenvalue weighted by Gasteiger charge is 2.17. The molecule has 0 bridgehead atoms. The van der Waals surface area contributed by atoms with Crippen LogP contribution in [-0.2, 0) is 0 Å². The fourth-order valence-corrected chi connectivity index (χ4v) is 18.3. The van der Waals surface area contributed by atoms with E-state index < -0.39 is 0 Å². The average Bonchev–Trinajstić information content (AvgIpc) is 0.817. The summed E-state index contributed by atoms with van der Waals surface area (Å²) in [6, 6.07) is 18.6. The van der Waals surface area contributed by atoms with Gasteiger partial charge in [-0.15, -0.1) is 0 Å². The molecule has 4 rings (SSSR count). The van der Waals surface area contributed by atoms with Crippen LogP contribution >= 0.6 is 0 Å². The van der Waals surface area contributed by atoms with Crippen LogP contribution in [0.1, 0.15) is 581 Å². The molecule has 0 unspecified atom stereocenters. The van der Waals surface area contributed by atoms with E-state index in [1.807, 2.05) is 0 Å². The highest BCUT2D eigenvalue weighted by atomic mass is 16.5. The molecule has 0 aliphatic carbocycles. The Kier molecular flexibility index (Phi) is 81.7. The van der Waals surface area contributed by atoms with Crippen molar-refractivity contribution in [1.82, 2.24) is 15.0 Å². The maximum atomic E-state index is 6.77. The number of hydrogen-bond acceptors (Lipinski definition) is 12. The van der Waals surface area contributed by atoms with Gasteiger partial charge in [0.05, 0.1) is 39.6 Å². The molecule has 0 saturated heterocycles. The Hall–Kier alpha value is -5.13. The van der Waals surface area contributed by atoms with Crippen LogP contribution in [0.3, 0.4) is 0 Å². The Morgan fingerprint density at radius 3 is 0.395 bits per heavy atom. The van der Waals surface area contributed by atoms with E-state index >= 15 is 0 Å². The SMILES string of the molecule is CCCCCCCCCCCCCCCCOc1ccc(Nc2nc(Nc3ccc(OCCCCCCCCCCCCCCCC)c(OCCCCCCCCCCCCCCCC)c3)nc(Nc3ccc(OCCCCCCCCCCCCCCCC)c(OCCCCCCCCCCCCCCCC)c3)n2)cc1OCCCCCCCCCCCCCCCC. The third-order valence-electron chi connectivity index (χ3n) is 26.8. The molecular weight excluding hydrogens is 1590 g/mol. The van der Waals surface area contributed by atoms with Crippen molar-refractivity contribution in [2.75, 3.05) is 55.6 Å². The van der Waals surface area contributed by atoms with Crippen molar-refractivity contribution in [2.24, 2.45) is 0 Å². The van der Waals surface area contributed by atoms with E-state index in [1.165, 1.54) is 482 Å². The zero-order chi connectivity index (χ0) is 91.4. The molecule has 0 amide bonds. The molecule has 4 aromatic rings. The lowest BCUT2D eigenvalue weighted by Gasteiger charge is -2.17. The number of benzene rings is 3. The summed E-state index contributed by atoms with van der Waals surface area (Å²) in [5.74, 6) is 5.72. The second-order valence-corrected chi connectivity index (χ2v) is 39.3. The molecule has 0 atom stereocenters. The molecule has 744 valence electrons. The van der Waals surface area contributed by atoms with Gasteiger partial charge in [0.1, 0.15) is 0 Å². The maximum Gasteiger partial charge on any atom is 0.233 e. The average molecular weight is 1800 g/mol. The van der Waals surface area contributed by atoms with Crippen LogP contribution < -0.4 is 44.4 Å². The predicted octanol–water partition coefficient (Wildman–Crippen LogP) is 40.3. The van der Waals surface area contributed by atoms with Gasteiger partial charge in [0.25, 0.3) is 0 Å². The van der Waals surface area contributed by atoms with Crippen LogP contribution in [0.5, 0.6) is 34.5 Å². The standard InChI is InChI=1S/C117H210N6O6/c1-7-13-19-25-31-37-43-49-55-61-67-73-79-85-97-124-109-94-91-106(103-112(109)127-100-88-82-76-70-64-58-52-46-40-34-28-22-16-10-4)118-115-121-116(119-107-92-95-110(125-98-86-80-74-68-62-56-50-44-38-32-26-20-14-8-2)113(104-107)128-101-89-83-77-71-65-59-53-47-41-35-29-23-17-11-5)123-117(122-115)120-108-93-96-111(126-99-87-81-75-69-63-57-51-45-39-33-27-21-15-9-3)114(105-108)129-102-90-84-78-72-66-60-54-48-42-36-30-24-18-12-6/h91-96,103-105H,7-90,97-102H2,1-6H3,(H3,118,119,120,121,122,123). The van der Waals surface area contributed by atoms with Gasteiger partial charge >= 0.3 is 0 Å². The van der Waals surface area contributed by atoms with Gasteiger partial charge in [-0.25, -0.2) is 0 Å². The largest absolute Gasteiger partial charge is 0.490 e. The number of rotatable bonds is 102. The van der Waals surface area contributed by atoms with Crippen molar-refractivity contribution in [1.29, 1.82) is 0 Å². The lowest BCUT2D eigenvalue weighted by molar-refractivity contribution is 0.258. The van der Waals surface area contributed by atoms with Gasteiger partial charge in [-0.05, 0) is 74.9 Å². The van der Waals surface area contributed by atoms with Gasteiger partial charge in [0.2, 0.25) is 17.8 Å². The molecule has 0 spiro atoms. The Balaban J connectivity index is 1.61. The molecule has 0 radical (unpaired) electrons. The first-order chi connectivity index (χ1) is 64.0. The number of unbranched alkanes of at least 4 members (excludes halogenated alkanes) is 78. The lowest BCUT2D eigenvalue weighted by Crippen LogP contribution is -2.09. The van der Waals surface area contributed by atoms with Crippen molar-refractivity contribution >= 4 is 34.9 Å². The molecule has 0 saturated carbocycles. The molecule has 0 aliphatic rings. The quantitative estimate of drug-likeness (QED) is 0.0364. The van der Waals surface area contributed by atoms with Crippen molar-refractivity contribution in [3.05, 3.63) is 54.6 Å². The zero-order valence-corrected chi connectivity index (χ0v) is 86.1. The lowest BCUT2D eigenvalue weighted by atomic mass is 10.0. The van der Waals surface area contributed by atoms with Crippen LogP contribution in [-0.4, -0.2) is 54.6 Å². The van der Waals surface area contributed by atoms with Gasteiger partial charge in [0.15, 0.2) is 34.5 Å². The van der Waals surface area contributed by atoms with E-state index in [4.69, 9.17) is 43.4 Å². The Labute approximate surface area is 799 Å². The Morgan fingerprint density at radius 1 is 0.147 bits per heavy atom. The predicted molar refractivity (Wildman–Crippen MR) is 564 cm³/mol. The fourth-order valence-electron chi connectivity index (χ4n) is 18.3. The summed E-state index contributed by atoms with van der Waals surface area (Å²) in [7, 11) is 0. The van der Waals surface area contributed by atoms with E-state index in [2.05, 4.69) is 112 Å². The number of aromatic nitrogens is 3. The van der Waals surface area contributed by atoms with Gasteiger partial charge in [-0.1, -0.05) is 542 Å². The second-order valence-electron chi connectivity index (χ2n) is 39.3. The van der Waals surface area contributed by atoms with Crippen LogP contribution in [0.2, 0.25) is 0 Å². The highest BCUT2D eigenvalue weighted by Crippen LogP contribution is 2.37. The molecule has 1 heterocycles. The van der Waals surface area contributed by atoms with E-state index in [0.717, 1.165) is 109 Å². The summed E-state index contributed by atoms with van der Waals surface area (Å²) in [4.78, 5) is 15.5. The third-order valence-corrected chi connectivity index (χ3v) is 26.8. The smallest absolute Gasteiger partial charge is 0.233 e. The summed E-state index contributed by atoms with van der Waals surface area (Å²) in [6.45, 7) is 17.7. The van der Waals surface area contributed by atoms with Crippen LogP contribution in [0, 0.1) is 0 Å². The van der Waals surface area contributed by atoms with E-state index in [1.54, 1.807) is 0 Å². The normalized spacial score (nSPS) is 11.5. The molecule has 3 N–H and O–H groups in total. The third kappa shape index (κ3) is 70.2. The minimum atomic E-state index is 0.383. The second kappa shape index (κ2) is 90.7. The van der Waals surface area contributed by atoms with Crippen molar-refractivity contribution in [3.8, 4) is 34.5 Å². The molecule has 1 aromatic heterocycles. The molecule has 12 nitrogen and oxygen atoms in total. The highest BCUT2D eigenvalue weighted by molar-refractivity contribution is 5.66. The molecule has 0 fully saturated rings. The molecule has 129 heavy (non-hydrogen) atoms. The minimum absolute atomic E-state index is 0.383. The first-order valence-corrected chi connectivity index (χ1v) is 57.3. The van der Waals surface area contributed by atoms with Gasteiger partial charge < -0.3 is 44.4 Å². The van der Waals surface area contributed by atoms with E-state index in [-0.39, 0.29) is 0 Å². The zero-order valence-electron chi connectivity index (χ0n) is 86.1. The van der Waals surface area contributed by atoms with Crippen molar-refractivity contribution in [3.63, 3.8) is 0 Å². The van der Waals surface area contributed by atoms with Gasteiger partial charge in [0, 0.05) is 35.3 Å². The fraction of sp³-hybridized carbons (Fsp3) is 0.821. The summed E-state index contributed by atoms with van der Waals surface area (Å²) in [5.41, 5.74) is 2.41. The Morgan fingerprint density at radius 2 is 0.264 bits per heavy atom. The number of ether oxygens (including phenoxy) is 6. The molecule has 12 heteroatoms. The van der Waals surface area contributed by atoms with Crippen LogP contribution in [0.4, 0.5) is 34.9 Å². The van der Waals surface area contributed by atoms with Crippen molar-refractivity contribution < 1.29 is 28.4 Å². The van der Waals surface area contributed by atoms with Gasteiger partial charge in [-0.3, -0.25) is 0 Å². The minimum Gasteiger partial charge on any atom is -0.490 e. The van der Waals surface area contributed by atoms with Crippen LogP contribution in [0.15, 0.2) is 54.6 Å². The molecule has 0 aliphatic heterocycles. The van der Waals surface area contributed by atoms with Gasteiger partial charge in [-0.2, -0.15) is 15.0 Å². The van der Waals surface area contributed by atoms with Crippen LogP contribution in [0.25, 0.3) is 0 Å². The molecule has 3 aromatic carbocycles. The number of hydrogen-bond donors (Lipinski definition) is 3. The summed E-state index contributed by atoms with van der Waals surface area (Å²) >= 11 is 0. The number of nitrogens with zero attached hydrogens (tertiary/aromatic N) is 3. The number of anilines is 6. The first-order valence-electron chi connectivity index (χ1n) is 57.3. The number of nitrogens with one attached hydrogen (secondary N) is 3. The van der Waals surface area contributed by atoms with Crippen molar-refractivity contribution in [2.45, 2.75) is 581 Å². The maximum absolute atomic E-state index is 6.77.